The van der Waals surface area contributed by atoms with Crippen LogP contribution in [0.25, 0.3) is 44.6 Å². The van der Waals surface area contributed by atoms with E-state index in [4.69, 9.17) is 18.7 Å². The quantitative estimate of drug-likeness (QED) is 0.0246. The van der Waals surface area contributed by atoms with Gasteiger partial charge in [0.15, 0.2) is 23.1 Å². The van der Waals surface area contributed by atoms with Crippen molar-refractivity contribution in [3.8, 4) is 22.6 Å². The largest absolute Gasteiger partial charge is 0.481 e. The molecular formula is C76H82F2N4O16S2. The van der Waals surface area contributed by atoms with Gasteiger partial charge in [-0.15, -0.1) is 0 Å². The summed E-state index contributed by atoms with van der Waals surface area (Å²) in [4.78, 5) is 99.8. The fraction of sp³-hybridized carbons (Fsp3) is 0.368. The van der Waals surface area contributed by atoms with E-state index >= 15 is 0 Å². The van der Waals surface area contributed by atoms with Crippen LogP contribution in [0.1, 0.15) is 186 Å². The van der Waals surface area contributed by atoms with Gasteiger partial charge in [0, 0.05) is 96.8 Å². The van der Waals surface area contributed by atoms with Gasteiger partial charge < -0.3 is 29.3 Å². The molecule has 0 radical (unpaired) electrons. The maximum atomic E-state index is 13.7. The molecule has 100 heavy (non-hydrogen) atoms. The number of sulfonamides is 2. The van der Waals surface area contributed by atoms with Crippen molar-refractivity contribution in [1.82, 2.24) is 10.6 Å². The SMILES string of the molecule is CCC(=O)c1c(-c2ccc(F)cc2)oc2cc(N(CCCC(=O)CNC(=O)c3cccc(CCCC(=O)O)c3)S(C)(=O)=O)c(C3CC3)cc12.CCOC(=O)CCCc1cccc(C(=O)NCC(=O)CCCN(c2cc3oc(-c4ccc(F)cc4)c(C(=O)CC)c3cc2C2CC2)S(C)(=O)=O)c1. The highest BCUT2D eigenvalue weighted by atomic mass is 32.2. The van der Waals surface area contributed by atoms with Crippen LogP contribution in [0.3, 0.4) is 0 Å². The molecule has 0 saturated heterocycles. The van der Waals surface area contributed by atoms with Crippen molar-refractivity contribution in [2.45, 2.75) is 135 Å². The number of hydrogen-bond donors (Lipinski definition) is 3. The topological polar surface area (TPSA) is 291 Å². The Hall–Kier alpha value is -9.68. The molecular weight excluding hydrogens is 1330 g/mol. The molecule has 10 rings (SSSR count). The summed E-state index contributed by atoms with van der Waals surface area (Å²) >= 11 is 0. The van der Waals surface area contributed by atoms with E-state index in [9.17, 15) is 64.0 Å². The number of nitrogens with zero attached hydrogens (tertiary/aromatic N) is 2. The van der Waals surface area contributed by atoms with E-state index in [0.29, 0.717) is 111 Å². The van der Waals surface area contributed by atoms with Crippen molar-refractivity contribution in [2.24, 2.45) is 0 Å². The minimum absolute atomic E-state index is 0.00834. The molecule has 2 amide bonds. The number of rotatable bonds is 35. The molecule has 24 heteroatoms. The standard InChI is InChI=1S/C39H43FN2O8S.C37H39FN2O8S/c1-4-34(44)37-32-22-31(26-14-15-26)33(23-35(32)50-38(37)27-16-18-29(40)19-17-27)42(51(3,47)48)20-8-12-30(43)24-41-39(46)28-11-6-9-25(21-28)10-7-13-36(45)49-5-2;1-3-32(42)35-30-20-29(24-12-13-24)31(21-33(30)48-36(35)25-14-16-27(38)17-15-25)40(49(2,46)47)18-6-10-28(41)22-39-37(45)26-9-4-7-23(19-26)8-5-11-34(43)44/h6,9,11,16-19,21-23,26H,4-5,7-8,10,12-15,20,24H2,1-3H3,(H,41,46);4,7,9,14-17,19-21,24H,3,5-6,8,10-13,18,22H2,1-2H3,(H,39,45)(H,43,44). The molecule has 2 heterocycles. The normalized spacial score (nSPS) is 12.9. The van der Waals surface area contributed by atoms with Crippen molar-refractivity contribution >= 4 is 100 Å². The maximum Gasteiger partial charge on any atom is 0.305 e. The van der Waals surface area contributed by atoms with Crippen molar-refractivity contribution in [3.63, 3.8) is 0 Å². The summed E-state index contributed by atoms with van der Waals surface area (Å²) in [7, 11) is -7.60. The number of hydrogen-bond acceptors (Lipinski definition) is 15. The van der Waals surface area contributed by atoms with E-state index in [1.807, 2.05) is 24.3 Å². The maximum absolute atomic E-state index is 13.7. The van der Waals surface area contributed by atoms with Crippen molar-refractivity contribution in [2.75, 3.05) is 53.9 Å². The number of amides is 2. The number of halogens is 2. The lowest BCUT2D eigenvalue weighted by atomic mass is 9.97. The van der Waals surface area contributed by atoms with Crippen molar-refractivity contribution in [3.05, 3.63) is 177 Å². The molecule has 2 aromatic heterocycles. The molecule has 6 aromatic carbocycles. The summed E-state index contributed by atoms with van der Waals surface area (Å²) in [6.07, 6.45) is 9.00. The van der Waals surface area contributed by atoms with Crippen LogP contribution in [0.5, 0.6) is 0 Å². The van der Waals surface area contributed by atoms with Gasteiger partial charge in [0.1, 0.15) is 34.3 Å². The van der Waals surface area contributed by atoms with Gasteiger partial charge in [-0.05, 0) is 190 Å². The van der Waals surface area contributed by atoms with E-state index in [-0.39, 0.29) is 118 Å². The van der Waals surface area contributed by atoms with Gasteiger partial charge in [0.25, 0.3) is 11.8 Å². The number of anilines is 2. The lowest BCUT2D eigenvalue weighted by Gasteiger charge is -2.25. The van der Waals surface area contributed by atoms with Gasteiger partial charge in [0.05, 0.1) is 54.7 Å². The van der Waals surface area contributed by atoms with Crippen molar-refractivity contribution in [1.29, 1.82) is 0 Å². The average molecular weight is 1410 g/mol. The molecule has 2 fully saturated rings. The van der Waals surface area contributed by atoms with Gasteiger partial charge in [-0.3, -0.25) is 47.0 Å². The summed E-state index contributed by atoms with van der Waals surface area (Å²) in [5, 5.41) is 15.3. The Balaban J connectivity index is 0.000000233. The molecule has 2 aliphatic carbocycles. The van der Waals surface area contributed by atoms with E-state index in [1.54, 1.807) is 69.3 Å². The number of benzene rings is 6. The fourth-order valence-corrected chi connectivity index (χ4v) is 14.0. The van der Waals surface area contributed by atoms with Crippen molar-refractivity contribution < 1.29 is 82.7 Å². The Labute approximate surface area is 579 Å². The first-order valence-corrected chi connectivity index (χ1v) is 37.3. The Bertz CT molecular complexity index is 4610. The van der Waals surface area contributed by atoms with Crippen LogP contribution in [-0.4, -0.2) is 114 Å². The molecule has 0 unspecified atom stereocenters. The summed E-state index contributed by atoms with van der Waals surface area (Å²) in [5.74, 6) is -2.86. The molecule has 3 N–H and O–H groups in total. The second kappa shape index (κ2) is 33.5. The van der Waals surface area contributed by atoms with Crippen LogP contribution < -0.4 is 19.2 Å². The number of nitrogens with one attached hydrogen (secondary N) is 2. The highest BCUT2D eigenvalue weighted by Gasteiger charge is 2.35. The lowest BCUT2D eigenvalue weighted by molar-refractivity contribution is -0.143. The molecule has 0 bridgehead atoms. The minimum atomic E-state index is -3.80. The smallest absolute Gasteiger partial charge is 0.305 e. The fourth-order valence-electron chi connectivity index (χ4n) is 12.0. The van der Waals surface area contributed by atoms with E-state index < -0.39 is 49.5 Å². The zero-order chi connectivity index (χ0) is 72.0. The van der Waals surface area contributed by atoms with Gasteiger partial charge in [-0.2, -0.15) is 0 Å². The van der Waals surface area contributed by atoms with E-state index in [0.717, 1.165) is 60.4 Å². The number of aliphatic carboxylic acids is 1. The zero-order valence-corrected chi connectivity index (χ0v) is 58.2. The number of aryl methyl sites for hydroxylation is 2. The van der Waals surface area contributed by atoms with Crippen LogP contribution >= 0.6 is 0 Å². The van der Waals surface area contributed by atoms with Gasteiger partial charge in [-0.1, -0.05) is 38.1 Å². The predicted octanol–water partition coefficient (Wildman–Crippen LogP) is 13.8. The molecule has 20 nitrogen and oxygen atoms in total. The van der Waals surface area contributed by atoms with Gasteiger partial charge in [-0.25, -0.2) is 25.6 Å². The monoisotopic (exact) mass is 1410 g/mol. The first-order chi connectivity index (χ1) is 47.7. The number of carbonyl (C=O) groups is 8. The van der Waals surface area contributed by atoms with E-state index in [1.165, 1.54) is 57.1 Å². The average Bonchev–Trinajstić information content (AvgIpc) is 1.56. The third kappa shape index (κ3) is 19.6. The van der Waals surface area contributed by atoms with Crippen LogP contribution in [-0.2, 0) is 56.8 Å². The number of Topliss-reactive ketones (excluding diaryl/α,β-unsaturated/α-hetero) is 4. The van der Waals surface area contributed by atoms with Crippen LogP contribution in [0.15, 0.2) is 130 Å². The first-order valence-electron chi connectivity index (χ1n) is 33.6. The number of carboxylic acids is 1. The van der Waals surface area contributed by atoms with Crippen LogP contribution in [0, 0.1) is 11.6 Å². The van der Waals surface area contributed by atoms with Crippen LogP contribution in [0.4, 0.5) is 20.2 Å². The first kappa shape index (κ1) is 74.5. The molecule has 528 valence electrons. The molecule has 0 atom stereocenters. The summed E-state index contributed by atoms with van der Waals surface area (Å²) in [5.41, 5.74) is 7.36. The zero-order valence-electron chi connectivity index (χ0n) is 56.6. The third-order valence-electron chi connectivity index (χ3n) is 17.4. The number of esters is 1. The Kier molecular flexibility index (Phi) is 24.9. The van der Waals surface area contributed by atoms with Gasteiger partial charge in [0.2, 0.25) is 20.0 Å². The number of furan rings is 2. The Morgan fingerprint density at radius 2 is 0.930 bits per heavy atom. The second-order valence-corrected chi connectivity index (χ2v) is 29.0. The number of carbonyl (C=O) groups excluding carboxylic acids is 7. The minimum Gasteiger partial charge on any atom is -0.481 e. The highest BCUT2D eigenvalue weighted by Crippen LogP contribution is 2.50. The number of carboxylic acid groups (broad SMARTS) is 1. The summed E-state index contributed by atoms with van der Waals surface area (Å²) in [6.45, 7) is 5.17. The second-order valence-electron chi connectivity index (χ2n) is 25.2. The summed E-state index contributed by atoms with van der Waals surface area (Å²) < 4.78 is 100.0. The third-order valence-corrected chi connectivity index (χ3v) is 19.7. The summed E-state index contributed by atoms with van der Waals surface area (Å²) in [6, 6.07) is 32.1. The predicted molar refractivity (Wildman–Crippen MR) is 377 cm³/mol. The molecule has 2 saturated carbocycles. The number of ketones is 4. The van der Waals surface area contributed by atoms with Gasteiger partial charge >= 0.3 is 11.9 Å². The van der Waals surface area contributed by atoms with E-state index in [2.05, 4.69) is 10.6 Å². The molecule has 8 aromatic rings. The number of ether oxygens (including phenoxy) is 1. The molecule has 0 aliphatic heterocycles. The Morgan fingerprint density at radius 3 is 1.29 bits per heavy atom. The molecule has 2 aliphatic rings. The lowest BCUT2D eigenvalue weighted by Crippen LogP contribution is -2.33. The number of fused-ring (bicyclic) bond motifs is 2. The highest BCUT2D eigenvalue weighted by molar-refractivity contribution is 7.92. The van der Waals surface area contributed by atoms with Crippen LogP contribution in [0.2, 0.25) is 0 Å². The molecule has 0 spiro atoms. The Morgan fingerprint density at radius 1 is 0.530 bits per heavy atom.